The Morgan fingerprint density at radius 3 is 2.48 bits per heavy atom. The first-order valence-corrected chi connectivity index (χ1v) is 6.63. The van der Waals surface area contributed by atoms with Gasteiger partial charge in [0.2, 0.25) is 5.89 Å². The normalized spacial score (nSPS) is 12.2. The highest BCUT2D eigenvalue weighted by atomic mass is 16.5. The summed E-state index contributed by atoms with van der Waals surface area (Å²) in [7, 11) is 0. The Labute approximate surface area is 122 Å². The molecule has 1 atom stereocenters. The highest BCUT2D eigenvalue weighted by Crippen LogP contribution is 2.18. The van der Waals surface area contributed by atoms with Crippen LogP contribution in [0, 0.1) is 0 Å². The van der Waals surface area contributed by atoms with Crippen molar-refractivity contribution in [2.75, 3.05) is 0 Å². The molecule has 1 unspecified atom stereocenters. The molecule has 0 amide bonds. The van der Waals surface area contributed by atoms with Gasteiger partial charge in [-0.05, 0) is 23.3 Å². The van der Waals surface area contributed by atoms with Gasteiger partial charge < -0.3 is 15.4 Å². The topological polar surface area (TPSA) is 85.2 Å². The highest BCUT2D eigenvalue weighted by Gasteiger charge is 2.16. The summed E-state index contributed by atoms with van der Waals surface area (Å²) in [4.78, 5) is 4.34. The van der Waals surface area contributed by atoms with Crippen LogP contribution in [-0.4, -0.2) is 15.2 Å². The Morgan fingerprint density at radius 2 is 1.76 bits per heavy atom. The molecule has 3 aromatic rings. The van der Waals surface area contributed by atoms with E-state index in [1.807, 2.05) is 42.5 Å². The molecule has 106 valence electrons. The van der Waals surface area contributed by atoms with Crippen molar-refractivity contribution in [1.29, 1.82) is 0 Å². The molecule has 0 bridgehead atoms. The van der Waals surface area contributed by atoms with Crippen LogP contribution in [0.3, 0.4) is 0 Å². The molecule has 0 radical (unpaired) electrons. The van der Waals surface area contributed by atoms with E-state index in [1.54, 1.807) is 12.1 Å². The maximum Gasteiger partial charge on any atom is 0.248 e. The Bertz CT molecular complexity index is 708. The van der Waals surface area contributed by atoms with Crippen molar-refractivity contribution < 1.29 is 9.63 Å². The third kappa shape index (κ3) is 3.09. The largest absolute Gasteiger partial charge is 0.508 e. The number of hydrogen-bond acceptors (Lipinski definition) is 5. The number of aromatic hydroxyl groups is 1. The molecule has 0 aliphatic heterocycles. The second-order valence-corrected chi connectivity index (χ2v) is 4.78. The number of hydrogen-bond donors (Lipinski definition) is 2. The van der Waals surface area contributed by atoms with Gasteiger partial charge in [-0.2, -0.15) is 4.98 Å². The van der Waals surface area contributed by atoms with Gasteiger partial charge in [-0.1, -0.05) is 47.6 Å². The lowest BCUT2D eigenvalue weighted by molar-refractivity contribution is 0.363. The van der Waals surface area contributed by atoms with Crippen LogP contribution in [0.4, 0.5) is 0 Å². The SMILES string of the molecule is NC(c1ccccc1)c1nc(Cc2ccc(O)cc2)no1. The van der Waals surface area contributed by atoms with Crippen LogP contribution in [0.25, 0.3) is 0 Å². The van der Waals surface area contributed by atoms with Crippen molar-refractivity contribution in [2.45, 2.75) is 12.5 Å². The molecule has 2 aromatic carbocycles. The van der Waals surface area contributed by atoms with Crippen LogP contribution >= 0.6 is 0 Å². The van der Waals surface area contributed by atoms with E-state index in [0.29, 0.717) is 18.1 Å². The molecule has 0 saturated carbocycles. The quantitative estimate of drug-likeness (QED) is 0.767. The van der Waals surface area contributed by atoms with E-state index in [0.717, 1.165) is 11.1 Å². The van der Waals surface area contributed by atoms with E-state index >= 15 is 0 Å². The fraction of sp³-hybridized carbons (Fsp3) is 0.125. The summed E-state index contributed by atoms with van der Waals surface area (Å²) in [6.45, 7) is 0. The fourth-order valence-corrected chi connectivity index (χ4v) is 2.06. The molecule has 1 heterocycles. The average molecular weight is 281 g/mol. The molecule has 5 nitrogen and oxygen atoms in total. The van der Waals surface area contributed by atoms with Gasteiger partial charge in [0.15, 0.2) is 5.82 Å². The maximum absolute atomic E-state index is 9.26. The Balaban J connectivity index is 1.75. The number of aromatic nitrogens is 2. The molecule has 21 heavy (non-hydrogen) atoms. The van der Waals surface area contributed by atoms with E-state index in [9.17, 15) is 5.11 Å². The fourth-order valence-electron chi connectivity index (χ4n) is 2.06. The van der Waals surface area contributed by atoms with E-state index < -0.39 is 6.04 Å². The van der Waals surface area contributed by atoms with Crippen molar-refractivity contribution in [3.8, 4) is 5.75 Å². The number of phenolic OH excluding ortho intramolecular Hbond substituents is 1. The number of phenols is 1. The third-order valence-corrected chi connectivity index (χ3v) is 3.21. The zero-order chi connectivity index (χ0) is 14.7. The molecular weight excluding hydrogens is 266 g/mol. The molecule has 1 aromatic heterocycles. The molecule has 3 rings (SSSR count). The van der Waals surface area contributed by atoms with Crippen LogP contribution in [0.15, 0.2) is 59.1 Å². The smallest absolute Gasteiger partial charge is 0.248 e. The minimum Gasteiger partial charge on any atom is -0.508 e. The lowest BCUT2D eigenvalue weighted by atomic mass is 10.1. The zero-order valence-corrected chi connectivity index (χ0v) is 11.3. The monoisotopic (exact) mass is 281 g/mol. The molecule has 0 saturated heterocycles. The van der Waals surface area contributed by atoms with Crippen molar-refractivity contribution >= 4 is 0 Å². The third-order valence-electron chi connectivity index (χ3n) is 3.21. The molecule has 5 heteroatoms. The lowest BCUT2D eigenvalue weighted by Gasteiger charge is -2.05. The summed E-state index contributed by atoms with van der Waals surface area (Å²) < 4.78 is 5.24. The van der Waals surface area contributed by atoms with Crippen LogP contribution in [0.2, 0.25) is 0 Å². The van der Waals surface area contributed by atoms with E-state index in [1.165, 1.54) is 0 Å². The summed E-state index contributed by atoms with van der Waals surface area (Å²) >= 11 is 0. The second kappa shape index (κ2) is 5.76. The predicted molar refractivity (Wildman–Crippen MR) is 77.7 cm³/mol. The van der Waals surface area contributed by atoms with E-state index in [-0.39, 0.29) is 5.75 Å². The van der Waals surface area contributed by atoms with Crippen molar-refractivity contribution in [1.82, 2.24) is 10.1 Å². The molecular formula is C16H15N3O2. The Kier molecular flexibility index (Phi) is 3.66. The summed E-state index contributed by atoms with van der Waals surface area (Å²) in [5, 5.41) is 13.2. The summed E-state index contributed by atoms with van der Waals surface area (Å²) in [5.41, 5.74) is 8.04. The van der Waals surface area contributed by atoms with Crippen molar-refractivity contribution in [2.24, 2.45) is 5.73 Å². The van der Waals surface area contributed by atoms with Gasteiger partial charge >= 0.3 is 0 Å². The minimum absolute atomic E-state index is 0.235. The number of nitrogens with zero attached hydrogens (tertiary/aromatic N) is 2. The van der Waals surface area contributed by atoms with Gasteiger partial charge in [0, 0.05) is 6.42 Å². The van der Waals surface area contributed by atoms with Gasteiger partial charge in [0.1, 0.15) is 11.8 Å². The zero-order valence-electron chi connectivity index (χ0n) is 11.3. The van der Waals surface area contributed by atoms with Gasteiger partial charge in [-0.15, -0.1) is 0 Å². The van der Waals surface area contributed by atoms with Gasteiger partial charge in [-0.3, -0.25) is 0 Å². The Morgan fingerprint density at radius 1 is 1.05 bits per heavy atom. The summed E-state index contributed by atoms with van der Waals surface area (Å²) in [6, 6.07) is 16.1. The molecule has 0 fully saturated rings. The lowest BCUT2D eigenvalue weighted by Crippen LogP contribution is -2.12. The van der Waals surface area contributed by atoms with Crippen molar-refractivity contribution in [3.05, 3.63) is 77.4 Å². The highest BCUT2D eigenvalue weighted by molar-refractivity contribution is 5.28. The molecule has 0 aliphatic carbocycles. The first-order valence-electron chi connectivity index (χ1n) is 6.63. The van der Waals surface area contributed by atoms with Gasteiger partial charge in [0.05, 0.1) is 0 Å². The van der Waals surface area contributed by atoms with E-state index in [2.05, 4.69) is 10.1 Å². The van der Waals surface area contributed by atoms with Crippen LogP contribution in [0.5, 0.6) is 5.75 Å². The standard InChI is InChI=1S/C16H15N3O2/c17-15(12-4-2-1-3-5-12)16-18-14(19-21-16)10-11-6-8-13(20)9-7-11/h1-9,15,20H,10,17H2. The second-order valence-electron chi connectivity index (χ2n) is 4.78. The maximum atomic E-state index is 9.26. The summed E-state index contributed by atoms with van der Waals surface area (Å²) in [6.07, 6.45) is 0.533. The van der Waals surface area contributed by atoms with Crippen molar-refractivity contribution in [3.63, 3.8) is 0 Å². The van der Waals surface area contributed by atoms with Crippen LogP contribution in [-0.2, 0) is 6.42 Å². The number of nitrogens with two attached hydrogens (primary N) is 1. The molecule has 0 aliphatic rings. The minimum atomic E-state index is -0.424. The van der Waals surface area contributed by atoms with Crippen LogP contribution in [0.1, 0.15) is 28.9 Å². The van der Waals surface area contributed by atoms with Crippen LogP contribution < -0.4 is 5.73 Å². The number of benzene rings is 2. The first-order chi connectivity index (χ1) is 10.2. The predicted octanol–water partition coefficient (Wildman–Crippen LogP) is 2.41. The first kappa shape index (κ1) is 13.3. The Hall–Kier alpha value is -2.66. The van der Waals surface area contributed by atoms with Gasteiger partial charge in [-0.25, -0.2) is 0 Å². The average Bonchev–Trinajstić information content (AvgIpc) is 2.98. The molecule has 3 N–H and O–H groups in total. The number of rotatable bonds is 4. The van der Waals surface area contributed by atoms with E-state index in [4.69, 9.17) is 10.3 Å². The molecule has 0 spiro atoms. The van der Waals surface area contributed by atoms with Gasteiger partial charge in [0.25, 0.3) is 0 Å². The summed E-state index contributed by atoms with van der Waals surface area (Å²) in [5.74, 6) is 1.20.